The average molecular weight is 450 g/mol. The van der Waals surface area contributed by atoms with Crippen molar-refractivity contribution in [1.82, 2.24) is 14.5 Å². The van der Waals surface area contributed by atoms with Gasteiger partial charge in [-0.2, -0.15) is 0 Å². The molecular formula is C21H24ClN3O2S2. The SMILES string of the molecule is CC[C@@H]1CCCCN1C(=O)CSc1nc2c(c(=O)n1-c1ccc(Cl)cc1)SCC2. The Bertz CT molecular complexity index is 962. The predicted molar refractivity (Wildman–Crippen MR) is 120 cm³/mol. The number of piperidine rings is 1. The van der Waals surface area contributed by atoms with Crippen LogP contribution in [0.15, 0.2) is 39.1 Å². The van der Waals surface area contributed by atoms with Crippen molar-refractivity contribution >= 4 is 41.0 Å². The monoisotopic (exact) mass is 449 g/mol. The molecule has 1 aromatic heterocycles. The maximum Gasteiger partial charge on any atom is 0.272 e. The van der Waals surface area contributed by atoms with Crippen molar-refractivity contribution in [2.24, 2.45) is 0 Å². The fourth-order valence-corrected chi connectivity index (χ4v) is 6.03. The largest absolute Gasteiger partial charge is 0.339 e. The molecule has 2 aliphatic rings. The summed E-state index contributed by atoms with van der Waals surface area (Å²) in [7, 11) is 0. The molecule has 4 rings (SSSR count). The molecule has 1 amide bonds. The number of amides is 1. The molecule has 1 aromatic carbocycles. The highest BCUT2D eigenvalue weighted by Crippen LogP contribution is 2.30. The number of nitrogens with zero attached hydrogens (tertiary/aromatic N) is 3. The lowest BCUT2D eigenvalue weighted by Crippen LogP contribution is -2.44. The second-order valence-electron chi connectivity index (χ2n) is 7.32. The van der Waals surface area contributed by atoms with E-state index in [1.807, 2.05) is 17.0 Å². The Hall–Kier alpha value is -1.44. The van der Waals surface area contributed by atoms with E-state index in [4.69, 9.17) is 16.6 Å². The Morgan fingerprint density at radius 1 is 1.31 bits per heavy atom. The molecule has 29 heavy (non-hydrogen) atoms. The first-order chi connectivity index (χ1) is 14.1. The molecule has 0 N–H and O–H groups in total. The summed E-state index contributed by atoms with van der Waals surface area (Å²) in [5.41, 5.74) is 1.52. The fourth-order valence-electron chi connectivity index (χ4n) is 3.97. The number of hydrogen-bond acceptors (Lipinski definition) is 5. The first kappa shape index (κ1) is 20.8. The van der Waals surface area contributed by atoms with Gasteiger partial charge in [-0.05, 0) is 49.9 Å². The number of rotatable bonds is 5. The molecule has 2 aromatic rings. The van der Waals surface area contributed by atoms with E-state index in [0.29, 0.717) is 22.0 Å². The third kappa shape index (κ3) is 4.37. The maximum atomic E-state index is 13.2. The van der Waals surface area contributed by atoms with E-state index in [1.165, 1.54) is 18.2 Å². The summed E-state index contributed by atoms with van der Waals surface area (Å²) < 4.78 is 1.62. The summed E-state index contributed by atoms with van der Waals surface area (Å²) in [4.78, 5) is 33.6. The summed E-state index contributed by atoms with van der Waals surface area (Å²) in [5.74, 6) is 1.30. The van der Waals surface area contributed by atoms with Gasteiger partial charge < -0.3 is 4.90 Å². The van der Waals surface area contributed by atoms with Gasteiger partial charge >= 0.3 is 0 Å². The predicted octanol–water partition coefficient (Wildman–Crippen LogP) is 4.42. The minimum absolute atomic E-state index is 0.0563. The van der Waals surface area contributed by atoms with Crippen LogP contribution in [0.3, 0.4) is 0 Å². The fraction of sp³-hybridized carbons (Fsp3) is 0.476. The Morgan fingerprint density at radius 3 is 2.86 bits per heavy atom. The molecule has 0 aliphatic carbocycles. The van der Waals surface area contributed by atoms with E-state index >= 15 is 0 Å². The smallest absolute Gasteiger partial charge is 0.272 e. The average Bonchev–Trinajstić information content (AvgIpc) is 3.22. The molecule has 0 unspecified atom stereocenters. The number of fused-ring (bicyclic) bond motifs is 1. The highest BCUT2D eigenvalue weighted by atomic mass is 35.5. The van der Waals surface area contributed by atoms with Crippen molar-refractivity contribution in [3.63, 3.8) is 0 Å². The van der Waals surface area contributed by atoms with Gasteiger partial charge in [-0.1, -0.05) is 30.3 Å². The standard InChI is InChI=1S/C21H24ClN3O2S2/c1-2-15-5-3-4-11-24(15)18(26)13-29-21-23-17-10-12-28-19(17)20(27)25(21)16-8-6-14(22)7-9-16/h6-9,15H,2-5,10-13H2,1H3/t15-/m1/s1. The molecule has 8 heteroatoms. The molecule has 5 nitrogen and oxygen atoms in total. The summed E-state index contributed by atoms with van der Waals surface area (Å²) in [6.45, 7) is 2.97. The molecule has 1 atom stereocenters. The summed E-state index contributed by atoms with van der Waals surface area (Å²) in [5, 5.41) is 1.20. The molecule has 0 bridgehead atoms. The molecule has 1 saturated heterocycles. The van der Waals surface area contributed by atoms with Gasteiger partial charge in [0.15, 0.2) is 5.16 Å². The van der Waals surface area contributed by atoms with E-state index in [9.17, 15) is 9.59 Å². The Morgan fingerprint density at radius 2 is 2.10 bits per heavy atom. The first-order valence-electron chi connectivity index (χ1n) is 10.1. The van der Waals surface area contributed by atoms with E-state index in [2.05, 4.69) is 6.92 Å². The lowest BCUT2D eigenvalue weighted by atomic mass is 10.0. The Kier molecular flexibility index (Phi) is 6.56. The van der Waals surface area contributed by atoms with Crippen molar-refractivity contribution in [2.45, 2.75) is 55.1 Å². The van der Waals surface area contributed by atoms with Crippen LogP contribution < -0.4 is 5.56 Å². The molecular weight excluding hydrogens is 426 g/mol. The topological polar surface area (TPSA) is 55.2 Å². The van der Waals surface area contributed by atoms with Gasteiger partial charge in [0.1, 0.15) is 0 Å². The van der Waals surface area contributed by atoms with Crippen molar-refractivity contribution in [1.29, 1.82) is 0 Å². The van der Waals surface area contributed by atoms with Crippen molar-refractivity contribution in [2.75, 3.05) is 18.1 Å². The normalized spacial score (nSPS) is 18.7. The number of carbonyl (C=O) groups is 1. The number of benzene rings is 1. The van der Waals surface area contributed by atoms with Gasteiger partial charge in [-0.25, -0.2) is 4.98 Å². The molecule has 3 heterocycles. The van der Waals surface area contributed by atoms with E-state index in [-0.39, 0.29) is 11.5 Å². The minimum Gasteiger partial charge on any atom is -0.339 e. The number of carbonyl (C=O) groups excluding carboxylic acids is 1. The zero-order valence-electron chi connectivity index (χ0n) is 16.4. The zero-order chi connectivity index (χ0) is 20.4. The number of likely N-dealkylation sites (tertiary alicyclic amines) is 1. The zero-order valence-corrected chi connectivity index (χ0v) is 18.8. The van der Waals surface area contributed by atoms with Crippen LogP contribution in [0.2, 0.25) is 5.02 Å². The number of halogens is 1. The van der Waals surface area contributed by atoms with Crippen LogP contribution in [-0.4, -0.2) is 44.5 Å². The van der Waals surface area contributed by atoms with Gasteiger partial charge in [0.25, 0.3) is 5.56 Å². The number of aromatic nitrogens is 2. The van der Waals surface area contributed by atoms with Gasteiger partial charge in [0.2, 0.25) is 5.91 Å². The van der Waals surface area contributed by atoms with Crippen LogP contribution in [0.5, 0.6) is 0 Å². The van der Waals surface area contributed by atoms with Crippen LogP contribution in [0.4, 0.5) is 0 Å². The van der Waals surface area contributed by atoms with Crippen molar-refractivity contribution < 1.29 is 4.79 Å². The third-order valence-electron chi connectivity index (χ3n) is 5.49. The maximum absolute atomic E-state index is 13.2. The second-order valence-corrected chi connectivity index (χ2v) is 9.80. The summed E-state index contributed by atoms with van der Waals surface area (Å²) >= 11 is 8.94. The van der Waals surface area contributed by atoms with Crippen LogP contribution in [-0.2, 0) is 11.2 Å². The van der Waals surface area contributed by atoms with Crippen LogP contribution in [0, 0.1) is 0 Å². The van der Waals surface area contributed by atoms with E-state index in [0.717, 1.165) is 54.3 Å². The number of thioether (sulfide) groups is 2. The Labute approximate surface area is 184 Å². The van der Waals surface area contributed by atoms with Gasteiger partial charge in [0, 0.05) is 29.8 Å². The summed E-state index contributed by atoms with van der Waals surface area (Å²) in [6.07, 6.45) is 5.12. The van der Waals surface area contributed by atoms with Crippen LogP contribution in [0.1, 0.15) is 38.3 Å². The van der Waals surface area contributed by atoms with Crippen molar-refractivity contribution in [3.05, 3.63) is 45.3 Å². The Balaban J connectivity index is 1.63. The van der Waals surface area contributed by atoms with Crippen LogP contribution >= 0.6 is 35.1 Å². The lowest BCUT2D eigenvalue weighted by Gasteiger charge is -2.35. The van der Waals surface area contributed by atoms with Crippen LogP contribution in [0.25, 0.3) is 5.69 Å². The minimum atomic E-state index is -0.0563. The highest BCUT2D eigenvalue weighted by molar-refractivity contribution is 8.00. The molecule has 0 spiro atoms. The molecule has 154 valence electrons. The van der Waals surface area contributed by atoms with E-state index in [1.54, 1.807) is 28.5 Å². The molecule has 0 radical (unpaired) electrons. The van der Waals surface area contributed by atoms with Crippen molar-refractivity contribution in [3.8, 4) is 5.69 Å². The molecule has 0 saturated carbocycles. The summed E-state index contributed by atoms with van der Waals surface area (Å²) in [6, 6.07) is 7.51. The van der Waals surface area contributed by atoms with Gasteiger partial charge in [0.05, 0.1) is 22.0 Å². The number of hydrogen-bond donors (Lipinski definition) is 0. The van der Waals surface area contributed by atoms with Gasteiger partial charge in [-0.3, -0.25) is 14.2 Å². The highest BCUT2D eigenvalue weighted by Gasteiger charge is 2.27. The number of aryl methyl sites for hydroxylation is 1. The van der Waals surface area contributed by atoms with Gasteiger partial charge in [-0.15, -0.1) is 11.8 Å². The molecule has 1 fully saturated rings. The lowest BCUT2D eigenvalue weighted by molar-refractivity contribution is -0.132. The quantitative estimate of drug-likeness (QED) is 0.499. The van der Waals surface area contributed by atoms with E-state index < -0.39 is 0 Å². The first-order valence-corrected chi connectivity index (χ1v) is 12.4. The molecule has 2 aliphatic heterocycles. The third-order valence-corrected chi connectivity index (χ3v) is 7.78. The second kappa shape index (κ2) is 9.14.